The van der Waals surface area contributed by atoms with E-state index in [0.717, 1.165) is 33.5 Å². The lowest BCUT2D eigenvalue weighted by atomic mass is 10.1. The number of H-pyrrole nitrogens is 1. The van der Waals surface area contributed by atoms with Crippen LogP contribution >= 0.6 is 46.4 Å². The molecule has 0 atom stereocenters. The Morgan fingerprint density at radius 1 is 0.938 bits per heavy atom. The minimum Gasteiger partial charge on any atom is -0.494 e. The summed E-state index contributed by atoms with van der Waals surface area (Å²) in [7, 11) is 0. The lowest BCUT2D eigenvalue weighted by molar-refractivity contribution is 0.0650. The molecule has 0 bridgehead atoms. The van der Waals surface area contributed by atoms with Gasteiger partial charge < -0.3 is 15.5 Å². The van der Waals surface area contributed by atoms with Crippen LogP contribution in [0.1, 0.15) is 39.1 Å². The lowest BCUT2D eigenvalue weighted by Crippen LogP contribution is -2.31. The number of rotatable bonds is 8. The molecule has 6 nitrogen and oxygen atoms in total. The molecule has 1 aromatic heterocycles. The van der Waals surface area contributed by atoms with Gasteiger partial charge in [0.2, 0.25) is 0 Å². The van der Waals surface area contributed by atoms with Crippen LogP contribution in [-0.4, -0.2) is 41.4 Å². The van der Waals surface area contributed by atoms with Crippen LogP contribution in [0.5, 0.6) is 5.75 Å². The minimum absolute atomic E-state index is 0.000375. The number of unbranched alkanes of at least 4 members (excludes halogenated alkanes) is 1. The number of nitrogens with two attached hydrogens (primary N) is 1. The Labute approximate surface area is 204 Å². The van der Waals surface area contributed by atoms with Gasteiger partial charge in [0, 0.05) is 23.6 Å². The molecule has 4 rings (SSSR count). The van der Waals surface area contributed by atoms with Gasteiger partial charge in [-0.25, -0.2) is 0 Å². The largest absolute Gasteiger partial charge is 0.494 e. The molecule has 32 heavy (non-hydrogen) atoms. The van der Waals surface area contributed by atoms with Crippen LogP contribution in [0.2, 0.25) is 20.1 Å². The number of hydrogen-bond acceptors (Lipinski definition) is 4. The maximum atomic E-state index is 12.7. The van der Waals surface area contributed by atoms with E-state index < -0.39 is 11.8 Å². The highest BCUT2D eigenvalue weighted by atomic mass is 35.5. The second-order valence-corrected chi connectivity index (χ2v) is 8.90. The number of nitrogens with zero attached hydrogens (tertiary/aromatic N) is 1. The fraction of sp³-hybridized carbons (Fsp3) is 0.273. The zero-order chi connectivity index (χ0) is 23.0. The van der Waals surface area contributed by atoms with Crippen molar-refractivity contribution in [3.05, 3.63) is 61.2 Å². The number of nitrogens with one attached hydrogen (secondary N) is 1. The molecule has 168 valence electrons. The number of amides is 2. The fourth-order valence-corrected chi connectivity index (χ4v) is 4.78. The molecule has 0 aliphatic carbocycles. The zero-order valence-corrected chi connectivity index (χ0v) is 19.8. The quantitative estimate of drug-likeness (QED) is 0.174. The molecule has 0 saturated heterocycles. The number of aromatic nitrogens is 1. The summed E-state index contributed by atoms with van der Waals surface area (Å²) in [5.41, 5.74) is 7.85. The Morgan fingerprint density at radius 2 is 1.59 bits per heavy atom. The van der Waals surface area contributed by atoms with Gasteiger partial charge in [0.15, 0.2) is 0 Å². The van der Waals surface area contributed by atoms with Crippen molar-refractivity contribution in [2.75, 3.05) is 19.7 Å². The first kappa shape index (κ1) is 23.2. The van der Waals surface area contributed by atoms with Crippen molar-refractivity contribution in [2.45, 2.75) is 19.3 Å². The van der Waals surface area contributed by atoms with Crippen LogP contribution in [0, 0.1) is 0 Å². The monoisotopic (exact) mass is 513 g/mol. The van der Waals surface area contributed by atoms with Gasteiger partial charge in [-0.05, 0) is 49.6 Å². The third-order valence-electron chi connectivity index (χ3n) is 5.38. The molecular formula is C22H19Cl4N3O3. The Kier molecular flexibility index (Phi) is 6.89. The summed E-state index contributed by atoms with van der Waals surface area (Å²) in [6.45, 7) is 1.21. The normalized spacial score (nSPS) is 13.3. The van der Waals surface area contributed by atoms with Crippen molar-refractivity contribution in [1.29, 1.82) is 0 Å². The number of hydrogen-bond donors (Lipinski definition) is 2. The summed E-state index contributed by atoms with van der Waals surface area (Å²) in [5.74, 6) is -0.303. The summed E-state index contributed by atoms with van der Waals surface area (Å²) in [6, 6.07) is 5.85. The van der Waals surface area contributed by atoms with Crippen LogP contribution in [0.3, 0.4) is 0 Å². The SMILES string of the molecule is NCCc1c[nH]c2ccc(OCCCCN3C(=O)c4c(Cl)c(Cl)c(Cl)c(Cl)c4C3=O)cc12. The molecule has 1 aliphatic rings. The molecule has 2 aromatic carbocycles. The summed E-state index contributed by atoms with van der Waals surface area (Å²) in [5, 5.41) is 0.888. The summed E-state index contributed by atoms with van der Waals surface area (Å²) >= 11 is 24.4. The van der Waals surface area contributed by atoms with Crippen molar-refractivity contribution in [2.24, 2.45) is 5.73 Å². The average Bonchev–Trinajstić information content (AvgIpc) is 3.29. The molecule has 3 N–H and O–H groups in total. The van der Waals surface area contributed by atoms with Gasteiger partial charge in [0.05, 0.1) is 37.8 Å². The second-order valence-electron chi connectivity index (χ2n) is 7.38. The number of aromatic amines is 1. The summed E-state index contributed by atoms with van der Waals surface area (Å²) in [4.78, 5) is 29.8. The highest BCUT2D eigenvalue weighted by molar-refractivity contribution is 6.55. The van der Waals surface area contributed by atoms with E-state index in [0.29, 0.717) is 26.0 Å². The average molecular weight is 515 g/mol. The topological polar surface area (TPSA) is 88.4 Å². The molecule has 10 heteroatoms. The van der Waals surface area contributed by atoms with E-state index in [2.05, 4.69) is 4.98 Å². The van der Waals surface area contributed by atoms with Crippen molar-refractivity contribution < 1.29 is 14.3 Å². The molecule has 0 fully saturated rings. The van der Waals surface area contributed by atoms with Gasteiger partial charge in [-0.2, -0.15) is 0 Å². The number of benzene rings is 2. The maximum absolute atomic E-state index is 12.7. The van der Waals surface area contributed by atoms with E-state index in [4.69, 9.17) is 56.9 Å². The van der Waals surface area contributed by atoms with Crippen LogP contribution in [0.4, 0.5) is 0 Å². The summed E-state index contributed by atoms with van der Waals surface area (Å²) in [6.07, 6.45) is 3.93. The van der Waals surface area contributed by atoms with Crippen LogP contribution in [0.15, 0.2) is 24.4 Å². The zero-order valence-electron chi connectivity index (χ0n) is 16.8. The highest BCUT2D eigenvalue weighted by Crippen LogP contribution is 2.44. The van der Waals surface area contributed by atoms with Gasteiger partial charge in [0.25, 0.3) is 11.8 Å². The van der Waals surface area contributed by atoms with Crippen molar-refractivity contribution in [3.63, 3.8) is 0 Å². The molecule has 3 aromatic rings. The lowest BCUT2D eigenvalue weighted by Gasteiger charge is -2.14. The number of carbonyl (C=O) groups is 2. The second kappa shape index (κ2) is 9.49. The van der Waals surface area contributed by atoms with Crippen molar-refractivity contribution in [1.82, 2.24) is 9.88 Å². The molecule has 0 spiro atoms. The number of imide groups is 1. The molecular weight excluding hydrogens is 496 g/mol. The smallest absolute Gasteiger partial charge is 0.263 e. The molecule has 2 amide bonds. The van der Waals surface area contributed by atoms with E-state index >= 15 is 0 Å². The van der Waals surface area contributed by atoms with Gasteiger partial charge in [-0.15, -0.1) is 0 Å². The van der Waals surface area contributed by atoms with Gasteiger partial charge in [-0.3, -0.25) is 14.5 Å². The molecule has 0 saturated carbocycles. The van der Waals surface area contributed by atoms with E-state index in [-0.39, 0.29) is 37.8 Å². The van der Waals surface area contributed by atoms with Gasteiger partial charge in [-0.1, -0.05) is 46.4 Å². The van der Waals surface area contributed by atoms with Crippen molar-refractivity contribution in [3.8, 4) is 5.75 Å². The highest BCUT2D eigenvalue weighted by Gasteiger charge is 2.41. The van der Waals surface area contributed by atoms with E-state index in [9.17, 15) is 9.59 Å². The standard InChI is InChI=1S/C22H19Cl4N3O3/c23-17-15-16(18(24)20(26)19(17)25)22(31)29(21(15)30)7-1-2-8-32-12-3-4-14-13(9-12)11(5-6-27)10-28-14/h3-4,9-10,28H,1-2,5-8,27H2. The maximum Gasteiger partial charge on any atom is 0.263 e. The molecule has 1 aliphatic heterocycles. The number of carbonyl (C=O) groups excluding carboxylic acids is 2. The van der Waals surface area contributed by atoms with Crippen LogP contribution in [0.25, 0.3) is 10.9 Å². The van der Waals surface area contributed by atoms with Gasteiger partial charge >= 0.3 is 0 Å². The predicted octanol–water partition coefficient (Wildman–Crippen LogP) is 5.74. The minimum atomic E-state index is -0.526. The molecule has 2 heterocycles. The van der Waals surface area contributed by atoms with E-state index in [1.54, 1.807) is 0 Å². The third kappa shape index (κ3) is 4.06. The Hall–Kier alpha value is -1.96. The number of halogens is 4. The Balaban J connectivity index is 1.35. The van der Waals surface area contributed by atoms with Crippen LogP contribution in [-0.2, 0) is 6.42 Å². The van der Waals surface area contributed by atoms with Gasteiger partial charge in [0.1, 0.15) is 5.75 Å². The Morgan fingerprint density at radius 3 is 2.22 bits per heavy atom. The fourth-order valence-electron chi connectivity index (χ4n) is 3.77. The van der Waals surface area contributed by atoms with E-state index in [1.807, 2.05) is 24.4 Å². The third-order valence-corrected chi connectivity index (χ3v) is 7.18. The Bertz CT molecular complexity index is 1180. The first-order chi connectivity index (χ1) is 15.3. The molecule has 0 radical (unpaired) electrons. The first-order valence-electron chi connectivity index (χ1n) is 10.00. The first-order valence-corrected chi connectivity index (χ1v) is 11.5. The van der Waals surface area contributed by atoms with Crippen molar-refractivity contribution >= 4 is 69.1 Å². The molecule has 0 unspecified atom stereocenters. The summed E-state index contributed by atoms with van der Waals surface area (Å²) < 4.78 is 5.86. The van der Waals surface area contributed by atoms with E-state index in [1.165, 1.54) is 0 Å². The predicted molar refractivity (Wildman–Crippen MR) is 128 cm³/mol. The number of fused-ring (bicyclic) bond motifs is 2. The number of ether oxygens (including phenoxy) is 1. The van der Waals surface area contributed by atoms with Crippen LogP contribution < -0.4 is 10.5 Å².